The highest BCUT2D eigenvalue weighted by Crippen LogP contribution is 2.35. The minimum absolute atomic E-state index is 0.0105. The van der Waals surface area contributed by atoms with Crippen LogP contribution >= 0.6 is 0 Å². The van der Waals surface area contributed by atoms with Crippen LogP contribution < -0.4 is 14.5 Å². The zero-order chi connectivity index (χ0) is 19.2. The quantitative estimate of drug-likeness (QED) is 0.694. The largest absolute Gasteiger partial charge is 0.494 e. The second-order valence-electron chi connectivity index (χ2n) is 6.82. The molecule has 0 fully saturated rings. The first-order chi connectivity index (χ1) is 13.1. The highest BCUT2D eigenvalue weighted by molar-refractivity contribution is 6.06. The molecular formula is C23H28N2O2. The Morgan fingerprint density at radius 3 is 2.48 bits per heavy atom. The zero-order valence-electron chi connectivity index (χ0n) is 16.4. The van der Waals surface area contributed by atoms with Crippen molar-refractivity contribution in [2.24, 2.45) is 0 Å². The van der Waals surface area contributed by atoms with Crippen molar-refractivity contribution in [1.82, 2.24) is 0 Å². The standard InChI is InChI=1S/C23H28N2O2/c1-4-16-27-20-13-10-19(11-14-20)12-15-23(26)25-17-18(3)24(5-2)21-8-6-7-9-22(21)25/h6-15,18H,4-5,16-17H2,1-3H3/b15-12+. The van der Waals surface area contributed by atoms with Gasteiger partial charge in [0.25, 0.3) is 5.91 Å². The van der Waals surface area contributed by atoms with E-state index in [1.54, 1.807) is 6.08 Å². The third-order valence-corrected chi connectivity index (χ3v) is 4.84. The van der Waals surface area contributed by atoms with Gasteiger partial charge in [0.2, 0.25) is 0 Å². The van der Waals surface area contributed by atoms with Crippen molar-refractivity contribution < 1.29 is 9.53 Å². The van der Waals surface area contributed by atoms with Crippen molar-refractivity contribution >= 4 is 23.4 Å². The molecule has 0 saturated heterocycles. The SMILES string of the molecule is CCCOc1ccc(/C=C/C(=O)N2CC(C)N(CC)c3ccccc32)cc1. The first-order valence-electron chi connectivity index (χ1n) is 9.72. The lowest BCUT2D eigenvalue weighted by Gasteiger charge is -2.41. The molecule has 4 heteroatoms. The van der Waals surface area contributed by atoms with Gasteiger partial charge < -0.3 is 14.5 Å². The lowest BCUT2D eigenvalue weighted by atomic mass is 10.1. The number of carbonyl (C=O) groups is 1. The van der Waals surface area contributed by atoms with Crippen molar-refractivity contribution in [3.63, 3.8) is 0 Å². The van der Waals surface area contributed by atoms with Crippen LogP contribution in [0.25, 0.3) is 6.08 Å². The average Bonchev–Trinajstić information content (AvgIpc) is 2.70. The van der Waals surface area contributed by atoms with E-state index in [2.05, 4.69) is 31.7 Å². The van der Waals surface area contributed by atoms with Crippen LogP contribution in [0.2, 0.25) is 0 Å². The molecule has 0 saturated carbocycles. The van der Waals surface area contributed by atoms with Crippen LogP contribution in [-0.4, -0.2) is 31.6 Å². The van der Waals surface area contributed by atoms with Crippen molar-refractivity contribution in [3.05, 3.63) is 60.2 Å². The van der Waals surface area contributed by atoms with E-state index in [0.717, 1.165) is 42.3 Å². The molecule has 142 valence electrons. The maximum Gasteiger partial charge on any atom is 0.251 e. The van der Waals surface area contributed by atoms with Crippen LogP contribution in [-0.2, 0) is 4.79 Å². The predicted molar refractivity (Wildman–Crippen MR) is 113 cm³/mol. The van der Waals surface area contributed by atoms with Crippen molar-refractivity contribution in [1.29, 1.82) is 0 Å². The number of anilines is 2. The van der Waals surface area contributed by atoms with Gasteiger partial charge in [-0.25, -0.2) is 0 Å². The fraction of sp³-hybridized carbons (Fsp3) is 0.348. The third-order valence-electron chi connectivity index (χ3n) is 4.84. The summed E-state index contributed by atoms with van der Waals surface area (Å²) in [6, 6.07) is 16.2. The van der Waals surface area contributed by atoms with Gasteiger partial charge in [0.15, 0.2) is 0 Å². The lowest BCUT2D eigenvalue weighted by Crippen LogP contribution is -2.49. The van der Waals surface area contributed by atoms with Gasteiger partial charge >= 0.3 is 0 Å². The van der Waals surface area contributed by atoms with E-state index in [0.29, 0.717) is 6.54 Å². The molecule has 0 aliphatic carbocycles. The first-order valence-corrected chi connectivity index (χ1v) is 9.72. The molecule has 1 aliphatic rings. The fourth-order valence-electron chi connectivity index (χ4n) is 3.48. The van der Waals surface area contributed by atoms with E-state index in [9.17, 15) is 4.79 Å². The molecule has 1 aliphatic heterocycles. The minimum atomic E-state index is 0.0105. The number of hydrogen-bond acceptors (Lipinski definition) is 3. The van der Waals surface area contributed by atoms with E-state index in [4.69, 9.17) is 4.74 Å². The lowest BCUT2D eigenvalue weighted by molar-refractivity contribution is -0.114. The molecule has 2 aromatic rings. The van der Waals surface area contributed by atoms with Gasteiger partial charge in [-0.1, -0.05) is 31.2 Å². The minimum Gasteiger partial charge on any atom is -0.494 e. The summed E-state index contributed by atoms with van der Waals surface area (Å²) in [5.41, 5.74) is 3.09. The molecule has 1 heterocycles. The Morgan fingerprint density at radius 2 is 1.81 bits per heavy atom. The van der Waals surface area contributed by atoms with E-state index in [-0.39, 0.29) is 11.9 Å². The summed E-state index contributed by atoms with van der Waals surface area (Å²) in [6.07, 6.45) is 4.51. The summed E-state index contributed by atoms with van der Waals surface area (Å²) in [4.78, 5) is 17.1. The molecule has 0 aromatic heterocycles. The topological polar surface area (TPSA) is 32.8 Å². The monoisotopic (exact) mass is 364 g/mol. The zero-order valence-corrected chi connectivity index (χ0v) is 16.4. The number of ether oxygens (including phenoxy) is 1. The Kier molecular flexibility index (Phi) is 6.17. The molecule has 0 bridgehead atoms. The van der Waals surface area contributed by atoms with Gasteiger partial charge in [0.1, 0.15) is 5.75 Å². The maximum atomic E-state index is 12.9. The molecule has 0 spiro atoms. The van der Waals surface area contributed by atoms with E-state index < -0.39 is 0 Å². The second-order valence-corrected chi connectivity index (χ2v) is 6.82. The average molecular weight is 364 g/mol. The van der Waals surface area contributed by atoms with Crippen LogP contribution in [0.5, 0.6) is 5.75 Å². The molecule has 2 aromatic carbocycles. The van der Waals surface area contributed by atoms with E-state index in [1.807, 2.05) is 53.4 Å². The summed E-state index contributed by atoms with van der Waals surface area (Å²) in [5, 5.41) is 0. The van der Waals surface area contributed by atoms with Crippen LogP contribution in [0.4, 0.5) is 11.4 Å². The Bertz CT molecular complexity index is 798. The van der Waals surface area contributed by atoms with Gasteiger partial charge in [0.05, 0.1) is 18.0 Å². The van der Waals surface area contributed by atoms with Crippen LogP contribution in [0, 0.1) is 0 Å². The molecule has 1 unspecified atom stereocenters. The number of carbonyl (C=O) groups excluding carboxylic acids is 1. The Labute approximate surface area is 162 Å². The molecule has 27 heavy (non-hydrogen) atoms. The molecule has 0 radical (unpaired) electrons. The third kappa shape index (κ3) is 4.33. The smallest absolute Gasteiger partial charge is 0.251 e. The molecule has 1 atom stereocenters. The molecule has 4 nitrogen and oxygen atoms in total. The van der Waals surface area contributed by atoms with Crippen molar-refractivity contribution in [2.75, 3.05) is 29.5 Å². The molecular weight excluding hydrogens is 336 g/mol. The van der Waals surface area contributed by atoms with Gasteiger partial charge in [-0.15, -0.1) is 0 Å². The number of amides is 1. The van der Waals surface area contributed by atoms with Gasteiger partial charge in [-0.05, 0) is 56.2 Å². The first kappa shape index (κ1) is 19.0. The molecule has 3 rings (SSSR count). The fourth-order valence-corrected chi connectivity index (χ4v) is 3.48. The maximum absolute atomic E-state index is 12.9. The molecule has 1 amide bonds. The number of likely N-dealkylation sites (N-methyl/N-ethyl adjacent to an activating group) is 1. The van der Waals surface area contributed by atoms with Gasteiger partial charge in [0, 0.05) is 25.2 Å². The van der Waals surface area contributed by atoms with Crippen LogP contribution in [0.15, 0.2) is 54.6 Å². The van der Waals surface area contributed by atoms with E-state index in [1.165, 1.54) is 0 Å². The van der Waals surface area contributed by atoms with Crippen LogP contribution in [0.1, 0.15) is 32.8 Å². The Balaban J connectivity index is 1.75. The summed E-state index contributed by atoms with van der Waals surface area (Å²) in [7, 11) is 0. The summed E-state index contributed by atoms with van der Waals surface area (Å²) < 4.78 is 5.60. The van der Waals surface area contributed by atoms with Gasteiger partial charge in [-0.2, -0.15) is 0 Å². The molecule has 0 N–H and O–H groups in total. The predicted octanol–water partition coefficient (Wildman–Crippen LogP) is 4.75. The number of nitrogens with zero attached hydrogens (tertiary/aromatic N) is 2. The van der Waals surface area contributed by atoms with Gasteiger partial charge in [-0.3, -0.25) is 4.79 Å². The Morgan fingerprint density at radius 1 is 1.11 bits per heavy atom. The van der Waals surface area contributed by atoms with E-state index >= 15 is 0 Å². The summed E-state index contributed by atoms with van der Waals surface area (Å²) in [6.45, 7) is 8.74. The Hall–Kier alpha value is -2.75. The highest BCUT2D eigenvalue weighted by atomic mass is 16.5. The number of fused-ring (bicyclic) bond motifs is 1. The van der Waals surface area contributed by atoms with Crippen LogP contribution in [0.3, 0.4) is 0 Å². The summed E-state index contributed by atoms with van der Waals surface area (Å²) in [5.74, 6) is 0.870. The number of hydrogen-bond donors (Lipinski definition) is 0. The second kappa shape index (κ2) is 8.76. The number of para-hydroxylation sites is 2. The number of rotatable bonds is 6. The van der Waals surface area contributed by atoms with Crippen molar-refractivity contribution in [3.8, 4) is 5.75 Å². The normalized spacial score (nSPS) is 16.5. The summed E-state index contributed by atoms with van der Waals surface area (Å²) >= 11 is 0. The highest BCUT2D eigenvalue weighted by Gasteiger charge is 2.29. The van der Waals surface area contributed by atoms with Crippen molar-refractivity contribution in [2.45, 2.75) is 33.2 Å². The number of benzene rings is 2.